The Morgan fingerprint density at radius 3 is 2.45 bits per heavy atom. The zero-order valence-corrected chi connectivity index (χ0v) is 17.9. The van der Waals surface area contributed by atoms with Crippen molar-refractivity contribution in [3.05, 3.63) is 65.2 Å². The van der Waals surface area contributed by atoms with Crippen LogP contribution in [0.15, 0.2) is 54.1 Å². The van der Waals surface area contributed by atoms with Crippen molar-refractivity contribution < 1.29 is 23.8 Å². The smallest absolute Gasteiger partial charge is 0.344 e. The van der Waals surface area contributed by atoms with Crippen molar-refractivity contribution in [2.75, 3.05) is 19.8 Å². The quantitative estimate of drug-likeness (QED) is 0.355. The Bertz CT molecular complexity index is 964. The normalized spacial score (nSPS) is 11.7. The first-order chi connectivity index (χ1) is 15.0. The molecule has 1 N–H and O–H groups in total. The Kier molecular flexibility index (Phi) is 9.12. The molecule has 2 aromatic carbocycles. The number of esters is 1. The highest BCUT2D eigenvalue weighted by Gasteiger charge is 2.15. The molecule has 1 amide bonds. The fraction of sp³-hybridized carbons (Fsp3) is 0.292. The van der Waals surface area contributed by atoms with E-state index in [2.05, 4.69) is 5.32 Å². The van der Waals surface area contributed by atoms with E-state index in [-0.39, 0.29) is 24.8 Å². The Morgan fingerprint density at radius 2 is 1.81 bits per heavy atom. The molecule has 0 fully saturated rings. The second kappa shape index (κ2) is 12.0. The summed E-state index contributed by atoms with van der Waals surface area (Å²) in [7, 11) is 0. The number of nitriles is 1. The van der Waals surface area contributed by atoms with E-state index in [4.69, 9.17) is 14.2 Å². The fourth-order valence-corrected chi connectivity index (χ4v) is 2.76. The van der Waals surface area contributed by atoms with Crippen LogP contribution in [-0.2, 0) is 14.3 Å². The Morgan fingerprint density at radius 1 is 1.06 bits per heavy atom. The van der Waals surface area contributed by atoms with Crippen LogP contribution in [0.2, 0.25) is 0 Å². The number of carbonyl (C=O) groups excluding carboxylic acids is 2. The molecule has 2 rings (SSSR count). The number of hydrogen-bond acceptors (Lipinski definition) is 6. The van der Waals surface area contributed by atoms with E-state index >= 15 is 0 Å². The average molecular weight is 422 g/mol. The molecule has 0 saturated heterocycles. The highest BCUT2D eigenvalue weighted by Crippen LogP contribution is 2.29. The van der Waals surface area contributed by atoms with Gasteiger partial charge in [-0.15, -0.1) is 0 Å². The fourth-order valence-electron chi connectivity index (χ4n) is 2.76. The average Bonchev–Trinajstić information content (AvgIpc) is 2.77. The lowest BCUT2D eigenvalue weighted by Crippen LogP contribution is -2.27. The lowest BCUT2D eigenvalue weighted by Gasteiger charge is -2.14. The number of rotatable bonds is 10. The molecule has 2 aromatic rings. The minimum atomic E-state index is -0.482. The lowest BCUT2D eigenvalue weighted by atomic mass is 10.1. The van der Waals surface area contributed by atoms with Gasteiger partial charge in [0.25, 0.3) is 5.91 Å². The van der Waals surface area contributed by atoms with E-state index in [0.717, 1.165) is 5.56 Å². The van der Waals surface area contributed by atoms with Crippen molar-refractivity contribution in [3.63, 3.8) is 0 Å². The van der Waals surface area contributed by atoms with Crippen LogP contribution in [0.5, 0.6) is 11.5 Å². The molecule has 0 spiro atoms. The predicted octanol–water partition coefficient (Wildman–Crippen LogP) is 3.81. The number of ether oxygens (including phenoxy) is 3. The Labute approximate surface area is 182 Å². The maximum atomic E-state index is 12.6. The van der Waals surface area contributed by atoms with E-state index in [1.165, 1.54) is 6.08 Å². The maximum absolute atomic E-state index is 12.6. The van der Waals surface area contributed by atoms with Crippen molar-refractivity contribution in [2.45, 2.75) is 26.8 Å². The number of hydrogen-bond donors (Lipinski definition) is 1. The van der Waals surface area contributed by atoms with Crippen LogP contribution in [0, 0.1) is 11.3 Å². The SMILES string of the molecule is CCOC(=O)COc1ccc(/C=C(\C#N)C(=O)NC(C)c2ccccc2)cc1OCC. The summed E-state index contributed by atoms with van der Waals surface area (Å²) < 4.78 is 15.9. The summed E-state index contributed by atoms with van der Waals surface area (Å²) in [6.45, 7) is 5.79. The van der Waals surface area contributed by atoms with Crippen LogP contribution < -0.4 is 14.8 Å². The number of carbonyl (C=O) groups is 2. The van der Waals surface area contributed by atoms with Crippen LogP contribution in [0.25, 0.3) is 6.08 Å². The van der Waals surface area contributed by atoms with Gasteiger partial charge in [0, 0.05) is 0 Å². The topological polar surface area (TPSA) is 97.7 Å². The van der Waals surface area contributed by atoms with Crippen LogP contribution in [0.3, 0.4) is 0 Å². The van der Waals surface area contributed by atoms with E-state index in [0.29, 0.717) is 23.7 Å². The van der Waals surface area contributed by atoms with Crippen LogP contribution in [0.1, 0.15) is 37.9 Å². The van der Waals surface area contributed by atoms with Gasteiger partial charge < -0.3 is 19.5 Å². The lowest BCUT2D eigenvalue weighted by molar-refractivity contribution is -0.145. The van der Waals surface area contributed by atoms with Gasteiger partial charge in [-0.05, 0) is 50.1 Å². The molecule has 0 aliphatic carbocycles. The van der Waals surface area contributed by atoms with Crippen LogP contribution in [0.4, 0.5) is 0 Å². The summed E-state index contributed by atoms with van der Waals surface area (Å²) in [6.07, 6.45) is 1.48. The zero-order chi connectivity index (χ0) is 22.6. The maximum Gasteiger partial charge on any atom is 0.344 e. The summed E-state index contributed by atoms with van der Waals surface area (Å²) in [5.74, 6) is -0.187. The first-order valence-corrected chi connectivity index (χ1v) is 10.0. The molecule has 0 heterocycles. The van der Waals surface area contributed by atoms with Crippen LogP contribution >= 0.6 is 0 Å². The molecule has 0 bridgehead atoms. The molecule has 0 saturated carbocycles. The van der Waals surface area contributed by atoms with Gasteiger partial charge >= 0.3 is 5.97 Å². The molecule has 7 nitrogen and oxygen atoms in total. The highest BCUT2D eigenvalue weighted by molar-refractivity contribution is 6.01. The number of benzene rings is 2. The number of amides is 1. The van der Waals surface area contributed by atoms with Crippen LogP contribution in [-0.4, -0.2) is 31.7 Å². The summed E-state index contributed by atoms with van der Waals surface area (Å²) >= 11 is 0. The molecule has 0 aromatic heterocycles. The van der Waals surface area contributed by atoms with Gasteiger partial charge in [0.05, 0.1) is 19.3 Å². The molecular weight excluding hydrogens is 396 g/mol. The third-order valence-corrected chi connectivity index (χ3v) is 4.24. The third-order valence-electron chi connectivity index (χ3n) is 4.24. The molecule has 0 aliphatic heterocycles. The predicted molar refractivity (Wildman–Crippen MR) is 116 cm³/mol. The molecule has 1 unspecified atom stereocenters. The first-order valence-electron chi connectivity index (χ1n) is 10.0. The van der Waals surface area contributed by atoms with Gasteiger partial charge in [0.2, 0.25) is 0 Å². The van der Waals surface area contributed by atoms with Gasteiger partial charge in [-0.2, -0.15) is 5.26 Å². The number of nitrogens with one attached hydrogen (secondary N) is 1. The second-order valence-corrected chi connectivity index (χ2v) is 6.51. The van der Waals surface area contributed by atoms with Gasteiger partial charge in [0.15, 0.2) is 18.1 Å². The third kappa shape index (κ3) is 7.19. The van der Waals surface area contributed by atoms with Crippen molar-refractivity contribution in [1.29, 1.82) is 5.26 Å². The van der Waals surface area contributed by atoms with E-state index in [9.17, 15) is 14.9 Å². The van der Waals surface area contributed by atoms with Gasteiger partial charge in [-0.1, -0.05) is 36.4 Å². The van der Waals surface area contributed by atoms with E-state index in [1.807, 2.05) is 50.2 Å². The summed E-state index contributed by atoms with van der Waals surface area (Å²) in [6, 6.07) is 16.1. The largest absolute Gasteiger partial charge is 0.490 e. The van der Waals surface area contributed by atoms with Crippen molar-refractivity contribution >= 4 is 18.0 Å². The standard InChI is InChI=1S/C24H26N2O5/c1-4-29-22-14-18(11-12-21(22)31-16-23(27)30-5-2)13-20(15-25)24(28)26-17(3)19-9-7-6-8-10-19/h6-14,17H,4-5,16H2,1-3H3,(H,26,28)/b20-13+. The van der Waals surface area contributed by atoms with E-state index < -0.39 is 11.9 Å². The molecular formula is C24H26N2O5. The monoisotopic (exact) mass is 422 g/mol. The molecule has 1 atom stereocenters. The summed E-state index contributed by atoms with van der Waals surface area (Å²) in [4.78, 5) is 24.1. The minimum Gasteiger partial charge on any atom is -0.490 e. The molecule has 0 aliphatic rings. The van der Waals surface area contributed by atoms with Gasteiger partial charge in [-0.25, -0.2) is 4.79 Å². The summed E-state index contributed by atoms with van der Waals surface area (Å²) in [5.41, 5.74) is 1.49. The molecule has 31 heavy (non-hydrogen) atoms. The van der Waals surface area contributed by atoms with Crippen molar-refractivity contribution in [1.82, 2.24) is 5.32 Å². The first kappa shape index (κ1) is 23.5. The zero-order valence-electron chi connectivity index (χ0n) is 17.9. The molecule has 7 heteroatoms. The number of nitrogens with zero attached hydrogens (tertiary/aromatic N) is 1. The highest BCUT2D eigenvalue weighted by atomic mass is 16.6. The Hall–Kier alpha value is -3.79. The van der Waals surface area contributed by atoms with Crippen molar-refractivity contribution in [3.8, 4) is 17.6 Å². The van der Waals surface area contributed by atoms with E-state index in [1.54, 1.807) is 25.1 Å². The second-order valence-electron chi connectivity index (χ2n) is 6.51. The molecule has 162 valence electrons. The molecule has 0 radical (unpaired) electrons. The van der Waals surface area contributed by atoms with Gasteiger partial charge in [0.1, 0.15) is 11.6 Å². The summed E-state index contributed by atoms with van der Waals surface area (Å²) in [5, 5.41) is 12.3. The minimum absolute atomic E-state index is 0.0366. The van der Waals surface area contributed by atoms with Crippen molar-refractivity contribution in [2.24, 2.45) is 0 Å². The Balaban J connectivity index is 2.17. The van der Waals surface area contributed by atoms with Gasteiger partial charge in [-0.3, -0.25) is 4.79 Å².